The topological polar surface area (TPSA) is 32.3 Å². The number of rotatable bonds is 3. The summed E-state index contributed by atoms with van der Waals surface area (Å²) in [6, 6.07) is 2.81. The van der Waals surface area contributed by atoms with Crippen LogP contribution in [-0.4, -0.2) is 30.3 Å². The largest absolute Gasteiger partial charge is 0.316 e. The second-order valence-electron chi connectivity index (χ2n) is 3.89. The number of benzene rings is 1. The van der Waals surface area contributed by atoms with E-state index in [4.69, 9.17) is 0 Å². The molecule has 0 saturated carbocycles. The molecule has 98 valence electrons. The summed E-state index contributed by atoms with van der Waals surface area (Å²) < 4.78 is 51.0. The van der Waals surface area contributed by atoms with Gasteiger partial charge in [-0.15, -0.1) is 0 Å². The van der Waals surface area contributed by atoms with E-state index in [0.717, 1.165) is 17.0 Å². The molecule has 1 fully saturated rings. The Bertz CT molecular complexity index is 466. The van der Waals surface area contributed by atoms with Crippen LogP contribution in [0.5, 0.6) is 0 Å². The first-order chi connectivity index (χ1) is 8.49. The van der Waals surface area contributed by atoms with Crippen LogP contribution in [0, 0.1) is 11.6 Å². The van der Waals surface area contributed by atoms with Gasteiger partial charge in [0.05, 0.1) is 13.1 Å². The molecule has 0 spiro atoms. The lowest BCUT2D eigenvalue weighted by atomic mass is 10.1. The van der Waals surface area contributed by atoms with E-state index < -0.39 is 36.7 Å². The Kier molecular flexibility index (Phi) is 3.51. The molecular formula is C11H10F4N2O. The summed E-state index contributed by atoms with van der Waals surface area (Å²) in [5.41, 5.74) is -0.0251. The highest BCUT2D eigenvalue weighted by Gasteiger charge is 2.34. The number of nitrogens with zero attached hydrogens (tertiary/aromatic N) is 1. The van der Waals surface area contributed by atoms with Crippen LogP contribution in [0.15, 0.2) is 18.2 Å². The van der Waals surface area contributed by atoms with Crippen LogP contribution in [0.1, 0.15) is 11.7 Å². The number of alkyl halides is 2. The van der Waals surface area contributed by atoms with Crippen molar-refractivity contribution in [2.75, 3.05) is 13.1 Å². The highest BCUT2D eigenvalue weighted by Crippen LogP contribution is 2.25. The molecule has 7 heteroatoms. The summed E-state index contributed by atoms with van der Waals surface area (Å²) in [6.07, 6.45) is -3.69. The van der Waals surface area contributed by atoms with Crippen molar-refractivity contribution in [2.45, 2.75) is 12.6 Å². The van der Waals surface area contributed by atoms with Crippen molar-refractivity contribution in [3.05, 3.63) is 35.4 Å². The predicted octanol–water partition coefficient (Wildman–Crippen LogP) is 1.66. The first kappa shape index (κ1) is 12.8. The number of carbonyl (C=O) groups is 1. The van der Waals surface area contributed by atoms with Gasteiger partial charge in [0.2, 0.25) is 5.91 Å². The van der Waals surface area contributed by atoms with E-state index in [1.165, 1.54) is 0 Å². The average Bonchev–Trinajstić information content (AvgIpc) is 2.60. The maximum absolute atomic E-state index is 13.5. The zero-order valence-corrected chi connectivity index (χ0v) is 9.17. The number of amides is 1. The second-order valence-corrected chi connectivity index (χ2v) is 3.89. The van der Waals surface area contributed by atoms with E-state index in [9.17, 15) is 22.4 Å². The summed E-state index contributed by atoms with van der Waals surface area (Å²) in [5.74, 6) is -2.17. The molecule has 0 aliphatic carbocycles. The lowest BCUT2D eigenvalue weighted by Crippen LogP contribution is -2.34. The summed E-state index contributed by atoms with van der Waals surface area (Å²) in [7, 11) is 0. The highest BCUT2D eigenvalue weighted by molar-refractivity contribution is 5.81. The SMILES string of the molecule is O=C1CNC(c2ccc(F)cc2F)N1CC(F)F. The van der Waals surface area contributed by atoms with E-state index in [2.05, 4.69) is 5.32 Å². The van der Waals surface area contributed by atoms with E-state index in [0.29, 0.717) is 6.07 Å². The van der Waals surface area contributed by atoms with Crippen LogP contribution in [0.3, 0.4) is 0 Å². The predicted molar refractivity (Wildman–Crippen MR) is 54.8 cm³/mol. The maximum atomic E-state index is 13.5. The highest BCUT2D eigenvalue weighted by atomic mass is 19.3. The second kappa shape index (κ2) is 4.93. The molecule has 1 aliphatic rings. The van der Waals surface area contributed by atoms with Gasteiger partial charge in [0.25, 0.3) is 6.43 Å². The minimum atomic E-state index is -2.71. The summed E-state index contributed by atoms with van der Waals surface area (Å²) in [5, 5.41) is 2.62. The molecule has 1 aliphatic heterocycles. The fraction of sp³-hybridized carbons (Fsp3) is 0.364. The molecule has 1 aromatic rings. The molecule has 1 heterocycles. The molecule has 0 radical (unpaired) electrons. The van der Waals surface area contributed by atoms with Crippen molar-refractivity contribution in [1.82, 2.24) is 10.2 Å². The molecule has 18 heavy (non-hydrogen) atoms. The van der Waals surface area contributed by atoms with Gasteiger partial charge >= 0.3 is 0 Å². The van der Waals surface area contributed by atoms with Crippen LogP contribution in [0.4, 0.5) is 17.6 Å². The Morgan fingerprint density at radius 1 is 1.39 bits per heavy atom. The van der Waals surface area contributed by atoms with Crippen molar-refractivity contribution >= 4 is 5.91 Å². The van der Waals surface area contributed by atoms with Gasteiger partial charge < -0.3 is 4.90 Å². The van der Waals surface area contributed by atoms with Crippen LogP contribution < -0.4 is 5.32 Å². The monoisotopic (exact) mass is 262 g/mol. The molecule has 1 aromatic carbocycles. The third kappa shape index (κ3) is 2.45. The lowest BCUT2D eigenvalue weighted by molar-refractivity contribution is -0.130. The number of halogens is 4. The van der Waals surface area contributed by atoms with Gasteiger partial charge in [-0.05, 0) is 12.1 Å². The minimum absolute atomic E-state index is 0.0251. The fourth-order valence-electron chi connectivity index (χ4n) is 1.90. The Morgan fingerprint density at radius 3 is 2.72 bits per heavy atom. The smallest absolute Gasteiger partial charge is 0.255 e. The van der Waals surface area contributed by atoms with Gasteiger partial charge in [0, 0.05) is 11.6 Å². The molecule has 0 bridgehead atoms. The van der Waals surface area contributed by atoms with Crippen molar-refractivity contribution < 1.29 is 22.4 Å². The zero-order chi connectivity index (χ0) is 13.3. The molecule has 1 saturated heterocycles. The van der Waals surface area contributed by atoms with Gasteiger partial charge in [0.15, 0.2) is 0 Å². The normalized spacial score (nSPS) is 19.9. The fourth-order valence-corrected chi connectivity index (χ4v) is 1.90. The number of hydrogen-bond acceptors (Lipinski definition) is 2. The first-order valence-corrected chi connectivity index (χ1v) is 5.25. The summed E-state index contributed by atoms with van der Waals surface area (Å²) in [6.45, 7) is -0.929. The van der Waals surface area contributed by atoms with Gasteiger partial charge in [-0.2, -0.15) is 0 Å². The first-order valence-electron chi connectivity index (χ1n) is 5.25. The van der Waals surface area contributed by atoms with Crippen LogP contribution in [0.2, 0.25) is 0 Å². The summed E-state index contributed by atoms with van der Waals surface area (Å²) >= 11 is 0. The molecule has 2 rings (SSSR count). The molecule has 3 nitrogen and oxygen atoms in total. The number of hydrogen-bond donors (Lipinski definition) is 1. The molecular weight excluding hydrogens is 252 g/mol. The molecule has 1 atom stereocenters. The molecule has 0 aromatic heterocycles. The van der Waals surface area contributed by atoms with E-state index in [1.54, 1.807) is 0 Å². The molecule has 1 amide bonds. The Balaban J connectivity index is 2.28. The van der Waals surface area contributed by atoms with Crippen molar-refractivity contribution in [2.24, 2.45) is 0 Å². The minimum Gasteiger partial charge on any atom is -0.316 e. The standard InChI is InChI=1S/C11H10F4N2O/c12-6-1-2-7(8(13)3-6)11-16-4-10(18)17(11)5-9(14)15/h1-3,9,11,16H,4-5H2. The number of carbonyl (C=O) groups excluding carboxylic acids is 1. The van der Waals surface area contributed by atoms with Gasteiger partial charge in [-0.3, -0.25) is 10.1 Å². The van der Waals surface area contributed by atoms with Crippen molar-refractivity contribution in [3.63, 3.8) is 0 Å². The third-order valence-corrected chi connectivity index (χ3v) is 2.67. The molecule has 1 unspecified atom stereocenters. The quantitative estimate of drug-likeness (QED) is 0.840. The van der Waals surface area contributed by atoms with E-state index in [-0.39, 0.29) is 12.1 Å². The Hall–Kier alpha value is -1.63. The number of nitrogens with one attached hydrogen (secondary N) is 1. The van der Waals surface area contributed by atoms with E-state index in [1.807, 2.05) is 0 Å². The van der Waals surface area contributed by atoms with Crippen molar-refractivity contribution in [1.29, 1.82) is 0 Å². The van der Waals surface area contributed by atoms with Crippen LogP contribution in [0.25, 0.3) is 0 Å². The Labute approximate surface area is 100 Å². The van der Waals surface area contributed by atoms with Crippen LogP contribution in [-0.2, 0) is 4.79 Å². The van der Waals surface area contributed by atoms with Gasteiger partial charge in [-0.25, -0.2) is 17.6 Å². The van der Waals surface area contributed by atoms with E-state index >= 15 is 0 Å². The molecule has 1 N–H and O–H groups in total. The maximum Gasteiger partial charge on any atom is 0.255 e. The average molecular weight is 262 g/mol. The van der Waals surface area contributed by atoms with Crippen molar-refractivity contribution in [3.8, 4) is 0 Å². The van der Waals surface area contributed by atoms with Gasteiger partial charge in [0.1, 0.15) is 17.8 Å². The lowest BCUT2D eigenvalue weighted by Gasteiger charge is -2.24. The third-order valence-electron chi connectivity index (χ3n) is 2.67. The Morgan fingerprint density at radius 2 is 2.11 bits per heavy atom. The zero-order valence-electron chi connectivity index (χ0n) is 9.17. The van der Waals surface area contributed by atoms with Crippen LogP contribution >= 0.6 is 0 Å². The van der Waals surface area contributed by atoms with Gasteiger partial charge in [-0.1, -0.05) is 0 Å². The summed E-state index contributed by atoms with van der Waals surface area (Å²) in [4.78, 5) is 12.3.